The molecule has 1 atom stereocenters. The Bertz CT molecular complexity index is 1490. The maximum Gasteiger partial charge on any atom is 0.239 e. The normalized spacial score (nSPS) is 19.6. The zero-order valence-corrected chi connectivity index (χ0v) is 20.4. The van der Waals surface area contributed by atoms with Crippen LogP contribution in [-0.4, -0.2) is 79.2 Å². The van der Waals surface area contributed by atoms with E-state index in [4.69, 9.17) is 19.4 Å². The maximum atomic E-state index is 13.4. The summed E-state index contributed by atoms with van der Waals surface area (Å²) < 4.78 is 40.2. The fourth-order valence-electron chi connectivity index (χ4n) is 4.38. The summed E-state index contributed by atoms with van der Waals surface area (Å²) >= 11 is 1.37. The second-order valence-electron chi connectivity index (χ2n) is 8.46. The molecule has 178 valence electrons. The Morgan fingerprint density at radius 2 is 1.94 bits per heavy atom. The summed E-state index contributed by atoms with van der Waals surface area (Å²) in [6, 6.07) is 7.82. The quantitative estimate of drug-likeness (QED) is 0.442. The third-order valence-electron chi connectivity index (χ3n) is 6.33. The van der Waals surface area contributed by atoms with Crippen LogP contribution in [0, 0.1) is 0 Å². The summed E-state index contributed by atoms with van der Waals surface area (Å²) in [5.41, 5.74) is 2.07. The van der Waals surface area contributed by atoms with E-state index in [0.29, 0.717) is 43.0 Å². The summed E-state index contributed by atoms with van der Waals surface area (Å²) in [7, 11) is -1.79. The number of para-hydroxylation sites is 2. The number of morpholine rings is 1. The van der Waals surface area contributed by atoms with Crippen LogP contribution in [0.5, 0.6) is 0 Å². The number of nitrogens with one attached hydrogen (secondary N) is 1. The Morgan fingerprint density at radius 1 is 1.12 bits per heavy atom. The van der Waals surface area contributed by atoms with Crippen LogP contribution >= 0.6 is 11.3 Å². The SMILES string of the molecule is CNc1nc2ccccc2n1-c1nc(N2CCOC[C@H]2C)c2scc(S(=O)(=O)C3COC3)c2n1. The first-order valence-corrected chi connectivity index (χ1v) is 13.5. The van der Waals surface area contributed by atoms with Crippen molar-refractivity contribution in [2.24, 2.45) is 0 Å². The van der Waals surface area contributed by atoms with E-state index in [9.17, 15) is 8.42 Å². The lowest BCUT2D eigenvalue weighted by Gasteiger charge is -2.34. The molecule has 0 bridgehead atoms. The Balaban J connectivity index is 1.64. The van der Waals surface area contributed by atoms with Gasteiger partial charge in [-0.05, 0) is 19.1 Å². The largest absolute Gasteiger partial charge is 0.379 e. The van der Waals surface area contributed by atoms with E-state index in [1.54, 1.807) is 12.4 Å². The number of hydrogen-bond donors (Lipinski definition) is 1. The average Bonchev–Trinajstić information content (AvgIpc) is 3.39. The van der Waals surface area contributed by atoms with Gasteiger partial charge in [0, 0.05) is 19.0 Å². The van der Waals surface area contributed by atoms with E-state index < -0.39 is 15.1 Å². The molecule has 0 amide bonds. The molecule has 0 unspecified atom stereocenters. The third kappa shape index (κ3) is 3.28. The fourth-order valence-corrected chi connectivity index (χ4v) is 7.32. The lowest BCUT2D eigenvalue weighted by atomic mass is 10.2. The van der Waals surface area contributed by atoms with Crippen molar-refractivity contribution in [2.45, 2.75) is 23.1 Å². The molecular formula is C22H24N6O4S2. The molecule has 2 aliphatic heterocycles. The van der Waals surface area contributed by atoms with Crippen LogP contribution in [0.1, 0.15) is 6.92 Å². The van der Waals surface area contributed by atoms with Gasteiger partial charge in [0.1, 0.15) is 15.7 Å². The smallest absolute Gasteiger partial charge is 0.239 e. The highest BCUT2D eigenvalue weighted by Gasteiger charge is 2.37. The van der Waals surface area contributed by atoms with E-state index in [1.165, 1.54) is 11.3 Å². The molecule has 0 radical (unpaired) electrons. The summed E-state index contributed by atoms with van der Waals surface area (Å²) in [5, 5.41) is 4.27. The van der Waals surface area contributed by atoms with Crippen molar-refractivity contribution >= 4 is 54.2 Å². The summed E-state index contributed by atoms with van der Waals surface area (Å²) in [6.45, 7) is 4.31. The standard InChI is InChI=1S/C22H24N6O4S2/c1-13-9-31-8-7-27(13)20-19-18(17(12-33-19)34(29,30)14-10-32-11-14)25-22(26-20)28-16-6-4-3-5-15(16)24-21(28)23-2/h3-6,12-14H,7-11H2,1-2H3,(H,23,24)/t13-/m1/s1. The van der Waals surface area contributed by atoms with Crippen LogP contribution in [0.15, 0.2) is 34.5 Å². The molecule has 0 saturated carbocycles. The second kappa shape index (κ2) is 8.15. The number of hydrogen-bond acceptors (Lipinski definition) is 10. The predicted octanol–water partition coefficient (Wildman–Crippen LogP) is 2.47. The third-order valence-corrected chi connectivity index (χ3v) is 9.52. The van der Waals surface area contributed by atoms with Gasteiger partial charge in [-0.3, -0.25) is 0 Å². The molecule has 6 rings (SSSR count). The highest BCUT2D eigenvalue weighted by molar-refractivity contribution is 7.92. The Kier molecular flexibility index (Phi) is 5.21. The van der Waals surface area contributed by atoms with E-state index >= 15 is 0 Å². The van der Waals surface area contributed by atoms with Crippen LogP contribution in [0.25, 0.3) is 27.2 Å². The average molecular weight is 501 g/mol. The number of imidazole rings is 1. The van der Waals surface area contributed by atoms with Gasteiger partial charge in [0.05, 0.1) is 48.2 Å². The number of aromatic nitrogens is 4. The highest BCUT2D eigenvalue weighted by atomic mass is 32.2. The minimum atomic E-state index is -3.58. The lowest BCUT2D eigenvalue weighted by molar-refractivity contribution is 0.0416. The van der Waals surface area contributed by atoms with Crippen LogP contribution < -0.4 is 10.2 Å². The number of thiophene rings is 1. The topological polar surface area (TPSA) is 111 Å². The lowest BCUT2D eigenvalue weighted by Crippen LogP contribution is -2.44. The molecule has 12 heteroatoms. The molecule has 5 heterocycles. The molecule has 0 spiro atoms. The minimum absolute atomic E-state index is 0.0881. The van der Waals surface area contributed by atoms with E-state index in [-0.39, 0.29) is 24.2 Å². The molecule has 4 aromatic rings. The molecule has 1 aromatic carbocycles. The molecule has 34 heavy (non-hydrogen) atoms. The Morgan fingerprint density at radius 3 is 2.68 bits per heavy atom. The Hall–Kier alpha value is -2.80. The zero-order chi connectivity index (χ0) is 23.4. The second-order valence-corrected chi connectivity index (χ2v) is 11.5. The van der Waals surface area contributed by atoms with Gasteiger partial charge in [-0.2, -0.15) is 4.98 Å². The van der Waals surface area contributed by atoms with Gasteiger partial charge >= 0.3 is 0 Å². The fraction of sp³-hybridized carbons (Fsp3) is 0.409. The van der Waals surface area contributed by atoms with Crippen molar-refractivity contribution in [3.63, 3.8) is 0 Å². The zero-order valence-electron chi connectivity index (χ0n) is 18.8. The van der Waals surface area contributed by atoms with Gasteiger partial charge in [-0.1, -0.05) is 12.1 Å². The van der Waals surface area contributed by atoms with Crippen molar-refractivity contribution in [3.05, 3.63) is 29.6 Å². The summed E-state index contributed by atoms with van der Waals surface area (Å²) in [6.07, 6.45) is 0. The van der Waals surface area contributed by atoms with Gasteiger partial charge in [0.25, 0.3) is 0 Å². The summed E-state index contributed by atoms with van der Waals surface area (Å²) in [4.78, 5) is 16.9. The van der Waals surface area contributed by atoms with E-state index in [0.717, 1.165) is 15.7 Å². The predicted molar refractivity (Wildman–Crippen MR) is 131 cm³/mol. The van der Waals surface area contributed by atoms with E-state index in [2.05, 4.69) is 22.1 Å². The molecule has 0 aliphatic carbocycles. The number of fused-ring (bicyclic) bond motifs is 2. The molecule has 10 nitrogen and oxygen atoms in total. The number of nitrogens with zero attached hydrogens (tertiary/aromatic N) is 5. The summed E-state index contributed by atoms with van der Waals surface area (Å²) in [5.74, 6) is 1.67. The molecule has 2 fully saturated rings. The van der Waals surface area contributed by atoms with Crippen molar-refractivity contribution < 1.29 is 17.9 Å². The number of benzene rings is 1. The van der Waals surface area contributed by atoms with Crippen LogP contribution in [0.4, 0.5) is 11.8 Å². The number of anilines is 2. The molecule has 2 aliphatic rings. The van der Waals surface area contributed by atoms with Crippen LogP contribution in [0.3, 0.4) is 0 Å². The number of ether oxygens (including phenoxy) is 2. The monoisotopic (exact) mass is 500 g/mol. The van der Waals surface area contributed by atoms with Crippen LogP contribution in [0.2, 0.25) is 0 Å². The van der Waals surface area contributed by atoms with E-state index in [1.807, 2.05) is 28.8 Å². The van der Waals surface area contributed by atoms with Crippen molar-refractivity contribution in [1.82, 2.24) is 19.5 Å². The molecule has 2 saturated heterocycles. The maximum absolute atomic E-state index is 13.4. The molecule has 3 aromatic heterocycles. The first kappa shape index (κ1) is 21.7. The molecular weight excluding hydrogens is 476 g/mol. The number of sulfone groups is 1. The molecule has 1 N–H and O–H groups in total. The van der Waals surface area contributed by atoms with Gasteiger partial charge in [0.15, 0.2) is 15.7 Å². The van der Waals surface area contributed by atoms with Crippen LogP contribution in [-0.2, 0) is 19.3 Å². The van der Waals surface area contributed by atoms with Crippen molar-refractivity contribution in [3.8, 4) is 5.95 Å². The first-order valence-electron chi connectivity index (χ1n) is 11.1. The Labute approximate surface area is 200 Å². The minimum Gasteiger partial charge on any atom is -0.379 e. The van der Waals surface area contributed by atoms with Gasteiger partial charge in [-0.15, -0.1) is 11.3 Å². The van der Waals surface area contributed by atoms with Crippen molar-refractivity contribution in [2.75, 3.05) is 50.2 Å². The highest BCUT2D eigenvalue weighted by Crippen LogP contribution is 2.39. The van der Waals surface area contributed by atoms with Gasteiger partial charge in [0.2, 0.25) is 11.9 Å². The van der Waals surface area contributed by atoms with Gasteiger partial charge < -0.3 is 19.7 Å². The van der Waals surface area contributed by atoms with Gasteiger partial charge in [-0.25, -0.2) is 23.0 Å². The van der Waals surface area contributed by atoms with Crippen molar-refractivity contribution in [1.29, 1.82) is 0 Å². The first-order chi connectivity index (χ1) is 16.5. The number of rotatable bonds is 5.